The lowest BCUT2D eigenvalue weighted by atomic mass is 10.0. The maximum atomic E-state index is 13.5. The number of unbranched alkanes of at least 4 members (excludes halogenated alkanes) is 1. The highest BCUT2D eigenvalue weighted by atomic mass is 16.4. The second kappa shape index (κ2) is 29.4. The topological polar surface area (TPSA) is 394 Å². The number of carboxylic acids is 1. The first-order chi connectivity index (χ1) is 29.8. The Bertz CT molecular complexity index is 1700. The molecule has 0 spiro atoms. The fraction of sp³-hybridized carbons (Fsp3) is 0.590. The summed E-state index contributed by atoms with van der Waals surface area (Å²) in [4.78, 5) is 125. The molecule has 1 aromatic carbocycles. The van der Waals surface area contributed by atoms with Gasteiger partial charge in [0.15, 0.2) is 0 Å². The minimum absolute atomic E-state index is 0.0815. The normalized spacial score (nSPS) is 15.3. The van der Waals surface area contributed by atoms with Crippen molar-refractivity contribution in [2.24, 2.45) is 11.7 Å². The van der Waals surface area contributed by atoms with E-state index in [4.69, 9.17) is 5.73 Å². The Kier molecular flexibility index (Phi) is 25.7. The molecule has 9 atom stereocenters. The van der Waals surface area contributed by atoms with Gasteiger partial charge in [0.25, 0.3) is 0 Å². The molecule has 63 heavy (non-hydrogen) atoms. The summed E-state index contributed by atoms with van der Waals surface area (Å²) in [5.41, 5.74) is 11.8. The van der Waals surface area contributed by atoms with Crippen molar-refractivity contribution >= 4 is 59.4 Å². The van der Waals surface area contributed by atoms with Crippen LogP contribution < -0.4 is 48.5 Å². The van der Waals surface area contributed by atoms with E-state index in [9.17, 15) is 73.5 Å². The number of Topliss-reactive ketones (excluding diaryl/α,β-unsaturated/α-hetero) is 1. The van der Waals surface area contributed by atoms with Crippen LogP contribution in [0, 0.1) is 5.92 Å². The zero-order chi connectivity index (χ0) is 47.6. The molecule has 0 aliphatic heterocycles. The van der Waals surface area contributed by atoms with Crippen LogP contribution in [0.5, 0.6) is 0 Å². The zero-order valence-corrected chi connectivity index (χ0v) is 35.3. The second-order valence-corrected chi connectivity index (χ2v) is 14.7. The number of amides is 7. The van der Waals surface area contributed by atoms with E-state index in [0.29, 0.717) is 19.4 Å². The highest BCUT2D eigenvalue weighted by molar-refractivity contribution is 5.98. The largest absolute Gasteiger partial charge is 0.481 e. The number of primary amides is 1. The summed E-state index contributed by atoms with van der Waals surface area (Å²) >= 11 is 0. The van der Waals surface area contributed by atoms with Gasteiger partial charge in [0, 0.05) is 18.9 Å². The van der Waals surface area contributed by atoms with E-state index in [1.54, 1.807) is 30.3 Å². The molecule has 0 bridgehead atoms. The Morgan fingerprint density at radius 1 is 0.667 bits per heavy atom. The molecule has 24 nitrogen and oxygen atoms in total. The van der Waals surface area contributed by atoms with Crippen molar-refractivity contribution < 1.29 is 73.5 Å². The summed E-state index contributed by atoms with van der Waals surface area (Å²) in [6.45, 7) is 1.86. The van der Waals surface area contributed by atoms with Gasteiger partial charge in [0.1, 0.15) is 54.4 Å². The van der Waals surface area contributed by atoms with Crippen LogP contribution in [-0.2, 0) is 54.4 Å². The molecule has 15 N–H and O–H groups in total. The lowest BCUT2D eigenvalue weighted by molar-refractivity contribution is -0.139. The minimum atomic E-state index is -1.92. The molecule has 7 amide bonds. The van der Waals surface area contributed by atoms with Crippen LogP contribution in [0.25, 0.3) is 0 Å². The van der Waals surface area contributed by atoms with Crippen molar-refractivity contribution in [1.82, 2.24) is 42.8 Å². The predicted octanol–water partition coefficient (Wildman–Crippen LogP) is -5.71. The van der Waals surface area contributed by atoms with E-state index in [2.05, 4.69) is 42.8 Å². The lowest BCUT2D eigenvalue weighted by Crippen LogP contribution is -2.62. The number of carbonyl (C=O) groups is 10. The van der Waals surface area contributed by atoms with E-state index in [-0.39, 0.29) is 24.4 Å². The number of hydrazine groups is 1. The van der Waals surface area contributed by atoms with E-state index in [0.717, 1.165) is 18.9 Å². The van der Waals surface area contributed by atoms with Crippen LogP contribution in [0.4, 0.5) is 0 Å². The average Bonchev–Trinajstić information content (AvgIpc) is 3.23. The monoisotopic (exact) mass is 895 g/mol. The number of rotatable bonds is 32. The van der Waals surface area contributed by atoms with E-state index < -0.39 is 135 Å². The number of nitrogens with two attached hydrogens (primary N) is 1. The second-order valence-electron chi connectivity index (χ2n) is 14.7. The Hall–Kier alpha value is -5.92. The number of hydrogen-bond acceptors (Lipinski definition) is 16. The number of carboxylic acid groups (broad SMARTS) is 1. The van der Waals surface area contributed by atoms with E-state index >= 15 is 0 Å². The van der Waals surface area contributed by atoms with Crippen molar-refractivity contribution in [3.8, 4) is 0 Å². The van der Waals surface area contributed by atoms with Gasteiger partial charge in [-0.1, -0.05) is 43.7 Å². The fourth-order valence-corrected chi connectivity index (χ4v) is 5.60. The van der Waals surface area contributed by atoms with Gasteiger partial charge in [0.05, 0.1) is 32.3 Å². The number of aliphatic carboxylic acids is 1. The third kappa shape index (κ3) is 21.1. The minimum Gasteiger partial charge on any atom is -0.481 e. The maximum Gasteiger partial charge on any atom is 0.303 e. The first kappa shape index (κ1) is 55.1. The van der Waals surface area contributed by atoms with Gasteiger partial charge in [-0.05, 0) is 45.1 Å². The summed E-state index contributed by atoms with van der Waals surface area (Å²) in [7, 11) is 0. The van der Waals surface area contributed by atoms with Crippen molar-refractivity contribution in [3.05, 3.63) is 35.9 Å². The molecule has 0 saturated heterocycles. The van der Waals surface area contributed by atoms with Gasteiger partial charge in [-0.3, -0.25) is 48.6 Å². The zero-order valence-electron chi connectivity index (χ0n) is 35.3. The first-order valence-corrected chi connectivity index (χ1v) is 20.1. The number of carbonyl (C=O) groups excluding carboxylic acids is 9. The molecule has 24 heteroatoms. The van der Waals surface area contributed by atoms with Crippen LogP contribution in [0.3, 0.4) is 0 Å². The van der Waals surface area contributed by atoms with Crippen molar-refractivity contribution in [2.75, 3.05) is 26.4 Å². The van der Waals surface area contributed by atoms with Crippen LogP contribution in [0.2, 0.25) is 0 Å². The number of hydrogen-bond donors (Lipinski definition) is 14. The number of ketones is 1. The van der Waals surface area contributed by atoms with E-state index in [1.807, 2.05) is 6.92 Å². The van der Waals surface area contributed by atoms with Crippen molar-refractivity contribution in [2.45, 2.75) is 114 Å². The molecule has 0 heterocycles. The summed E-state index contributed by atoms with van der Waals surface area (Å²) in [6, 6.07) is -2.60. The lowest BCUT2D eigenvalue weighted by Gasteiger charge is -2.27. The van der Waals surface area contributed by atoms with Crippen LogP contribution in [0.15, 0.2) is 30.3 Å². The highest BCUT2D eigenvalue weighted by Gasteiger charge is 2.35. The molecule has 1 aromatic rings. The first-order valence-electron chi connectivity index (χ1n) is 20.1. The summed E-state index contributed by atoms with van der Waals surface area (Å²) < 4.78 is 0. The van der Waals surface area contributed by atoms with Gasteiger partial charge < -0.3 is 68.0 Å². The third-order valence-corrected chi connectivity index (χ3v) is 9.46. The number of aliphatic hydroxyl groups is 4. The predicted molar refractivity (Wildman–Crippen MR) is 220 cm³/mol. The fourth-order valence-electron chi connectivity index (χ4n) is 5.60. The van der Waals surface area contributed by atoms with E-state index in [1.165, 1.54) is 6.92 Å². The molecule has 0 fully saturated rings. The van der Waals surface area contributed by atoms with Crippen LogP contribution >= 0.6 is 0 Å². The summed E-state index contributed by atoms with van der Waals surface area (Å²) in [5, 5.41) is 61.9. The van der Waals surface area contributed by atoms with Gasteiger partial charge >= 0.3 is 5.97 Å². The Morgan fingerprint density at radius 2 is 1.19 bits per heavy atom. The maximum absolute atomic E-state index is 13.5. The molecule has 352 valence electrons. The quantitative estimate of drug-likeness (QED) is 0.0182. The van der Waals surface area contributed by atoms with Crippen molar-refractivity contribution in [3.63, 3.8) is 0 Å². The Morgan fingerprint density at radius 3 is 1.70 bits per heavy atom. The molecular formula is C39H61N9O15. The van der Waals surface area contributed by atoms with Gasteiger partial charge in [-0.25, -0.2) is 5.43 Å². The van der Waals surface area contributed by atoms with Crippen LogP contribution in [0.1, 0.15) is 64.9 Å². The van der Waals surface area contributed by atoms with Crippen LogP contribution in [-0.4, -0.2) is 160 Å². The summed E-state index contributed by atoms with van der Waals surface area (Å²) in [6.07, 6.45) is -1.45. The average molecular weight is 896 g/mol. The Labute approximate surface area is 363 Å². The SMILES string of the molecule is CC(=O)C(C)CCCCNNC(Cc1ccccc1)C(=O)N[C@@H](CO)C(=O)NC(CCC(=O)O)C(=O)N[C@@H](CO)C(=O)N[C@H](C(=O)N[C@@H](CC(N)=O)C(=O)NC(C=O)CO)[C@@H](C)O. The Balaban J connectivity index is 3.14. The van der Waals surface area contributed by atoms with Gasteiger partial charge in [-0.15, -0.1) is 0 Å². The molecule has 1 rings (SSSR count). The number of aldehydes is 1. The standard InChI is InChI=1S/C39H61N9O15/c1-21(22(2)53)9-7-8-14-41-48-28(15-24-10-5-4-6-11-24)36(60)46-29(19-51)37(61)43-26(12-13-32(56)57)34(58)45-30(20-52)38(62)47-33(23(3)54)39(63)44-27(16-31(40)55)35(59)42-25(17-49)18-50/h4-6,10-11,17,21,23,25-30,33,41,48,50-52,54H,7-9,12-16,18-20H2,1-3H3,(H2,40,55)(H,42,59)(H,43,61)(H,44,63)(H,45,58)(H,46,60)(H,47,62)(H,56,57)/t21?,23-,25?,26?,27+,28?,29+,30+,33+/m1/s1. The molecule has 0 aliphatic rings. The highest BCUT2D eigenvalue weighted by Crippen LogP contribution is 2.09. The smallest absolute Gasteiger partial charge is 0.303 e. The molecule has 0 aliphatic carbocycles. The number of benzene rings is 1. The molecule has 0 radical (unpaired) electrons. The number of aliphatic hydroxyl groups excluding tert-OH is 4. The number of nitrogens with one attached hydrogen (secondary N) is 8. The molecule has 0 saturated carbocycles. The molecule has 0 aromatic heterocycles. The third-order valence-electron chi connectivity index (χ3n) is 9.46. The van der Waals surface area contributed by atoms with Crippen molar-refractivity contribution in [1.29, 1.82) is 0 Å². The molecular weight excluding hydrogens is 834 g/mol. The summed E-state index contributed by atoms with van der Waals surface area (Å²) in [5.74, 6) is -9.30. The van der Waals surface area contributed by atoms with Gasteiger partial charge in [-0.2, -0.15) is 0 Å². The molecule has 4 unspecified atom stereocenters. The van der Waals surface area contributed by atoms with Gasteiger partial charge in [0.2, 0.25) is 41.4 Å².